The fraction of sp³-hybridized carbons (Fsp3) is 0.545. The van der Waals surface area contributed by atoms with Crippen LogP contribution in [0, 0.1) is 0 Å². The maximum Gasteiger partial charge on any atom is 0.326 e. The second kappa shape index (κ2) is 9.28. The van der Waals surface area contributed by atoms with Crippen molar-refractivity contribution in [1.82, 2.24) is 10.6 Å². The van der Waals surface area contributed by atoms with Crippen LogP contribution in [0.1, 0.15) is 19.3 Å². The van der Waals surface area contributed by atoms with E-state index in [0.717, 1.165) is 0 Å². The van der Waals surface area contributed by atoms with Gasteiger partial charge in [-0.1, -0.05) is 0 Å². The summed E-state index contributed by atoms with van der Waals surface area (Å²) in [6.07, 6.45) is -1.00. The molecule has 0 aliphatic rings. The highest BCUT2D eigenvalue weighted by atomic mass is 16.4. The van der Waals surface area contributed by atoms with Gasteiger partial charge < -0.3 is 32.3 Å². The van der Waals surface area contributed by atoms with Crippen LogP contribution in [0.4, 0.5) is 0 Å². The number of nitrogens with one attached hydrogen (secondary N) is 2. The van der Waals surface area contributed by atoms with Crippen molar-refractivity contribution < 1.29 is 34.2 Å². The molecule has 0 aromatic heterocycles. The van der Waals surface area contributed by atoms with E-state index in [1.807, 2.05) is 5.32 Å². The summed E-state index contributed by atoms with van der Waals surface area (Å²) >= 11 is 0. The first-order valence-corrected chi connectivity index (χ1v) is 6.19. The van der Waals surface area contributed by atoms with E-state index in [4.69, 9.17) is 21.7 Å². The first-order chi connectivity index (χ1) is 10.1. The van der Waals surface area contributed by atoms with Gasteiger partial charge in [-0.05, 0) is 6.42 Å². The summed E-state index contributed by atoms with van der Waals surface area (Å²) in [5.74, 6) is -5.08. The van der Waals surface area contributed by atoms with Crippen LogP contribution in [0.3, 0.4) is 0 Å². The van der Waals surface area contributed by atoms with E-state index in [1.54, 1.807) is 0 Å². The molecule has 0 aliphatic heterocycles. The van der Waals surface area contributed by atoms with Gasteiger partial charge in [-0.25, -0.2) is 4.79 Å². The number of primary amides is 1. The number of aliphatic carboxylic acids is 2. The molecule has 22 heavy (non-hydrogen) atoms. The van der Waals surface area contributed by atoms with Crippen LogP contribution >= 0.6 is 0 Å². The zero-order valence-corrected chi connectivity index (χ0v) is 11.6. The molecular weight excluding hydrogens is 300 g/mol. The quantitative estimate of drug-likeness (QED) is 0.241. The van der Waals surface area contributed by atoms with Crippen molar-refractivity contribution in [1.29, 1.82) is 0 Å². The SMILES string of the molecule is NC(=O)C[C@H](NC(=O)CNC(=O)[C@@H](N)CCC(=O)O)C(=O)O. The Kier molecular flexibility index (Phi) is 8.15. The molecule has 0 saturated heterocycles. The summed E-state index contributed by atoms with van der Waals surface area (Å²) in [5.41, 5.74) is 10.2. The lowest BCUT2D eigenvalue weighted by Gasteiger charge is -2.14. The van der Waals surface area contributed by atoms with Gasteiger partial charge in [0.05, 0.1) is 19.0 Å². The summed E-state index contributed by atoms with van der Waals surface area (Å²) in [7, 11) is 0. The molecule has 11 heteroatoms. The topological polar surface area (TPSA) is 202 Å². The predicted octanol–water partition coefficient (Wildman–Crippen LogP) is -3.26. The highest BCUT2D eigenvalue weighted by molar-refractivity contribution is 5.91. The molecule has 0 saturated carbocycles. The number of carboxylic acids is 2. The van der Waals surface area contributed by atoms with E-state index < -0.39 is 54.7 Å². The van der Waals surface area contributed by atoms with Gasteiger partial charge in [0.25, 0.3) is 0 Å². The Hall–Kier alpha value is -2.69. The minimum absolute atomic E-state index is 0.109. The number of carbonyl (C=O) groups excluding carboxylic acids is 3. The summed E-state index contributed by atoms with van der Waals surface area (Å²) < 4.78 is 0. The van der Waals surface area contributed by atoms with Crippen LogP contribution in [0.5, 0.6) is 0 Å². The van der Waals surface area contributed by atoms with Crippen LogP contribution in [-0.2, 0) is 24.0 Å². The largest absolute Gasteiger partial charge is 0.481 e. The maximum absolute atomic E-state index is 11.5. The van der Waals surface area contributed by atoms with Crippen LogP contribution in [0.15, 0.2) is 0 Å². The van der Waals surface area contributed by atoms with Crippen molar-refractivity contribution in [2.45, 2.75) is 31.3 Å². The molecule has 8 N–H and O–H groups in total. The highest BCUT2D eigenvalue weighted by Gasteiger charge is 2.22. The third kappa shape index (κ3) is 8.47. The number of hydrogen-bond acceptors (Lipinski definition) is 6. The Morgan fingerprint density at radius 1 is 1.09 bits per heavy atom. The van der Waals surface area contributed by atoms with Gasteiger partial charge in [0.1, 0.15) is 6.04 Å². The Bertz CT molecular complexity index is 465. The van der Waals surface area contributed by atoms with Crippen molar-refractivity contribution >= 4 is 29.7 Å². The second-order valence-electron chi connectivity index (χ2n) is 4.39. The minimum atomic E-state index is -1.50. The normalized spacial score (nSPS) is 12.8. The Balaban J connectivity index is 4.25. The Morgan fingerprint density at radius 2 is 1.68 bits per heavy atom. The smallest absolute Gasteiger partial charge is 0.326 e. The highest BCUT2D eigenvalue weighted by Crippen LogP contribution is 1.95. The fourth-order valence-corrected chi connectivity index (χ4v) is 1.36. The van der Waals surface area contributed by atoms with Gasteiger partial charge in [-0.15, -0.1) is 0 Å². The van der Waals surface area contributed by atoms with Crippen LogP contribution in [0.2, 0.25) is 0 Å². The molecule has 2 atom stereocenters. The lowest BCUT2D eigenvalue weighted by atomic mass is 10.1. The van der Waals surface area contributed by atoms with Gasteiger partial charge in [-0.2, -0.15) is 0 Å². The van der Waals surface area contributed by atoms with Crippen molar-refractivity contribution in [3.05, 3.63) is 0 Å². The molecule has 0 aliphatic carbocycles. The average molecular weight is 318 g/mol. The predicted molar refractivity (Wildman–Crippen MR) is 71.2 cm³/mol. The molecule has 0 heterocycles. The molecule has 0 fully saturated rings. The molecule has 0 aromatic rings. The zero-order chi connectivity index (χ0) is 17.3. The Morgan fingerprint density at radius 3 is 2.14 bits per heavy atom. The molecule has 0 aromatic carbocycles. The monoisotopic (exact) mass is 318 g/mol. The van der Waals surface area contributed by atoms with Crippen LogP contribution in [0.25, 0.3) is 0 Å². The molecule has 3 amide bonds. The lowest BCUT2D eigenvalue weighted by Crippen LogP contribution is -2.49. The average Bonchev–Trinajstić information content (AvgIpc) is 2.40. The number of carbonyl (C=O) groups is 5. The first-order valence-electron chi connectivity index (χ1n) is 6.19. The van der Waals surface area contributed by atoms with Gasteiger partial charge in [-0.3, -0.25) is 19.2 Å². The van der Waals surface area contributed by atoms with Crippen molar-refractivity contribution in [2.24, 2.45) is 11.5 Å². The summed E-state index contributed by atoms with van der Waals surface area (Å²) in [5, 5.41) is 21.3. The van der Waals surface area contributed by atoms with Crippen molar-refractivity contribution in [3.8, 4) is 0 Å². The zero-order valence-electron chi connectivity index (χ0n) is 11.6. The second-order valence-corrected chi connectivity index (χ2v) is 4.39. The fourth-order valence-electron chi connectivity index (χ4n) is 1.36. The first kappa shape index (κ1) is 19.3. The number of rotatable bonds is 10. The van der Waals surface area contributed by atoms with Gasteiger partial charge in [0, 0.05) is 6.42 Å². The van der Waals surface area contributed by atoms with E-state index >= 15 is 0 Å². The lowest BCUT2D eigenvalue weighted by molar-refractivity contribution is -0.143. The summed E-state index contributed by atoms with van der Waals surface area (Å²) in [6, 6.07) is -2.60. The number of nitrogens with two attached hydrogens (primary N) is 2. The van der Waals surface area contributed by atoms with Crippen molar-refractivity contribution in [2.75, 3.05) is 6.54 Å². The van der Waals surface area contributed by atoms with Gasteiger partial charge >= 0.3 is 11.9 Å². The third-order valence-electron chi connectivity index (χ3n) is 2.47. The molecule has 0 radical (unpaired) electrons. The van der Waals surface area contributed by atoms with Gasteiger partial charge in [0.2, 0.25) is 17.7 Å². The third-order valence-corrected chi connectivity index (χ3v) is 2.47. The van der Waals surface area contributed by atoms with E-state index in [2.05, 4.69) is 5.32 Å². The van der Waals surface area contributed by atoms with Crippen LogP contribution in [-0.4, -0.2) is 58.5 Å². The van der Waals surface area contributed by atoms with E-state index in [1.165, 1.54) is 0 Å². The molecule has 11 nitrogen and oxygen atoms in total. The Labute approximate surface area is 125 Å². The van der Waals surface area contributed by atoms with E-state index in [-0.39, 0.29) is 12.8 Å². The molecule has 0 spiro atoms. The molecule has 0 unspecified atom stereocenters. The van der Waals surface area contributed by atoms with E-state index in [0.29, 0.717) is 0 Å². The molecule has 124 valence electrons. The van der Waals surface area contributed by atoms with Gasteiger partial charge in [0.15, 0.2) is 0 Å². The molecular formula is C11H18N4O7. The standard InChI is InChI=1S/C11H18N4O7/c12-5(1-2-9(18)19)10(20)14-4-8(17)15-6(11(21)22)3-7(13)16/h5-6H,1-4,12H2,(H2,13,16)(H,14,20)(H,15,17)(H,18,19)(H,21,22)/t5-,6-/m0/s1. The summed E-state index contributed by atoms with van der Waals surface area (Å²) in [4.78, 5) is 54.7. The number of hydrogen-bond donors (Lipinski definition) is 6. The van der Waals surface area contributed by atoms with Crippen molar-refractivity contribution in [3.63, 3.8) is 0 Å². The molecule has 0 bridgehead atoms. The van der Waals surface area contributed by atoms with E-state index in [9.17, 15) is 24.0 Å². The minimum Gasteiger partial charge on any atom is -0.481 e. The summed E-state index contributed by atoms with van der Waals surface area (Å²) in [6.45, 7) is -0.567. The maximum atomic E-state index is 11.5. The molecule has 0 rings (SSSR count). The van der Waals surface area contributed by atoms with Crippen LogP contribution < -0.4 is 22.1 Å². The number of carboxylic acid groups (broad SMARTS) is 2. The number of amides is 3.